The van der Waals surface area contributed by atoms with Gasteiger partial charge in [-0.15, -0.1) is 0 Å². The van der Waals surface area contributed by atoms with Crippen molar-refractivity contribution >= 4 is 15.9 Å². The summed E-state index contributed by atoms with van der Waals surface area (Å²) >= 11 is 0. The third-order valence-electron chi connectivity index (χ3n) is 6.10. The molecule has 2 aromatic rings. The lowest BCUT2D eigenvalue weighted by atomic mass is 10.0. The summed E-state index contributed by atoms with van der Waals surface area (Å²) in [6.07, 6.45) is 1.70. The lowest BCUT2D eigenvalue weighted by Crippen LogP contribution is -2.44. The predicted octanol–water partition coefficient (Wildman–Crippen LogP) is 2.96. The van der Waals surface area contributed by atoms with Crippen LogP contribution in [0.3, 0.4) is 0 Å². The number of piperidine rings is 1. The molecule has 8 heteroatoms. The Morgan fingerprint density at radius 1 is 1.16 bits per heavy atom. The SMILES string of the molecule is COc1cccc(CN2CCC(NC(=O)c3cc(C)c(C)c(S(=O)(=O)N(C)C)c3)CC2)c1. The number of methoxy groups -OCH3 is 1. The minimum absolute atomic E-state index is 0.0691. The molecule has 0 radical (unpaired) electrons. The first-order valence-electron chi connectivity index (χ1n) is 10.8. The van der Waals surface area contributed by atoms with Crippen LogP contribution >= 0.6 is 0 Å². The molecule has 1 N–H and O–H groups in total. The van der Waals surface area contributed by atoms with Gasteiger partial charge < -0.3 is 10.1 Å². The van der Waals surface area contributed by atoms with E-state index in [-0.39, 0.29) is 16.8 Å². The van der Waals surface area contributed by atoms with Gasteiger partial charge in [0, 0.05) is 45.3 Å². The second-order valence-electron chi connectivity index (χ2n) is 8.58. The van der Waals surface area contributed by atoms with Crippen molar-refractivity contribution in [3.63, 3.8) is 0 Å². The molecule has 3 rings (SSSR count). The maximum absolute atomic E-state index is 12.9. The number of ether oxygens (including phenoxy) is 1. The molecule has 32 heavy (non-hydrogen) atoms. The number of amides is 1. The number of benzene rings is 2. The molecule has 1 amide bonds. The zero-order valence-corrected chi connectivity index (χ0v) is 20.3. The van der Waals surface area contributed by atoms with Gasteiger partial charge in [0.2, 0.25) is 10.0 Å². The third-order valence-corrected chi connectivity index (χ3v) is 8.04. The maximum atomic E-state index is 12.9. The molecular weight excluding hydrogens is 426 g/mol. The average molecular weight is 460 g/mol. The molecule has 2 aromatic carbocycles. The smallest absolute Gasteiger partial charge is 0.251 e. The zero-order chi connectivity index (χ0) is 23.5. The summed E-state index contributed by atoms with van der Waals surface area (Å²) in [5.41, 5.74) is 3.04. The molecule has 0 bridgehead atoms. The summed E-state index contributed by atoms with van der Waals surface area (Å²) < 4.78 is 31.8. The number of rotatable bonds is 7. The molecule has 0 unspecified atom stereocenters. The van der Waals surface area contributed by atoms with Crippen molar-refractivity contribution in [3.05, 3.63) is 58.7 Å². The Morgan fingerprint density at radius 3 is 2.47 bits per heavy atom. The van der Waals surface area contributed by atoms with Gasteiger partial charge in [0.15, 0.2) is 0 Å². The van der Waals surface area contributed by atoms with Crippen molar-refractivity contribution < 1.29 is 17.9 Å². The Hall–Kier alpha value is -2.42. The van der Waals surface area contributed by atoms with E-state index in [1.165, 1.54) is 30.0 Å². The standard InChI is InChI=1S/C24H33N3O4S/c1-17-13-20(15-23(18(17)2)32(29,30)26(3)4)24(28)25-21-9-11-27(12-10-21)16-19-7-6-8-22(14-19)31-5/h6-8,13-15,21H,9-12,16H2,1-5H3,(H,25,28). The van der Waals surface area contributed by atoms with Gasteiger partial charge in [0.25, 0.3) is 5.91 Å². The zero-order valence-electron chi connectivity index (χ0n) is 19.5. The van der Waals surface area contributed by atoms with E-state index in [4.69, 9.17) is 4.74 Å². The van der Waals surface area contributed by atoms with Crippen LogP contribution in [0, 0.1) is 13.8 Å². The number of carbonyl (C=O) groups excluding carboxylic acids is 1. The van der Waals surface area contributed by atoms with E-state index in [0.717, 1.165) is 43.8 Å². The summed E-state index contributed by atoms with van der Waals surface area (Å²) in [6, 6.07) is 11.4. The molecule has 1 saturated heterocycles. The molecule has 1 aliphatic rings. The lowest BCUT2D eigenvalue weighted by Gasteiger charge is -2.32. The number of nitrogens with zero attached hydrogens (tertiary/aromatic N) is 2. The summed E-state index contributed by atoms with van der Waals surface area (Å²) in [5.74, 6) is 0.628. The topological polar surface area (TPSA) is 79.0 Å². The third kappa shape index (κ3) is 5.49. The van der Waals surface area contributed by atoms with E-state index in [1.807, 2.05) is 25.1 Å². The second kappa shape index (κ2) is 10.0. The molecule has 1 aliphatic heterocycles. The fraction of sp³-hybridized carbons (Fsp3) is 0.458. The Morgan fingerprint density at radius 2 is 1.84 bits per heavy atom. The van der Waals surface area contributed by atoms with E-state index in [0.29, 0.717) is 11.1 Å². The van der Waals surface area contributed by atoms with E-state index >= 15 is 0 Å². The van der Waals surface area contributed by atoms with Crippen molar-refractivity contribution in [3.8, 4) is 5.75 Å². The fourth-order valence-electron chi connectivity index (χ4n) is 3.96. The predicted molar refractivity (Wildman–Crippen MR) is 126 cm³/mol. The first-order chi connectivity index (χ1) is 15.1. The van der Waals surface area contributed by atoms with Crippen molar-refractivity contribution in [1.29, 1.82) is 0 Å². The minimum Gasteiger partial charge on any atom is -0.497 e. The van der Waals surface area contributed by atoms with Gasteiger partial charge in [0.05, 0.1) is 12.0 Å². The van der Waals surface area contributed by atoms with Crippen LogP contribution in [0.4, 0.5) is 0 Å². The quantitative estimate of drug-likeness (QED) is 0.689. The van der Waals surface area contributed by atoms with Crippen LogP contribution in [0.15, 0.2) is 41.3 Å². The van der Waals surface area contributed by atoms with Gasteiger partial charge in [-0.1, -0.05) is 12.1 Å². The first kappa shape index (κ1) is 24.2. The molecule has 1 heterocycles. The Balaban J connectivity index is 1.63. The molecular formula is C24H33N3O4S. The van der Waals surface area contributed by atoms with Crippen molar-refractivity contribution in [2.45, 2.75) is 44.2 Å². The van der Waals surface area contributed by atoms with E-state index in [1.54, 1.807) is 20.1 Å². The van der Waals surface area contributed by atoms with Gasteiger partial charge in [-0.2, -0.15) is 0 Å². The summed E-state index contributed by atoms with van der Waals surface area (Å²) in [5, 5.41) is 3.10. The van der Waals surface area contributed by atoms with Gasteiger partial charge in [0.1, 0.15) is 5.75 Å². The number of hydrogen-bond donors (Lipinski definition) is 1. The van der Waals surface area contributed by atoms with Crippen LogP contribution < -0.4 is 10.1 Å². The monoisotopic (exact) mass is 459 g/mol. The van der Waals surface area contributed by atoms with Crippen LogP contribution in [-0.2, 0) is 16.6 Å². The Bertz CT molecular complexity index is 1070. The first-order valence-corrected chi connectivity index (χ1v) is 12.3. The highest BCUT2D eigenvalue weighted by Crippen LogP contribution is 2.24. The second-order valence-corrected chi connectivity index (χ2v) is 10.7. The molecule has 0 aromatic heterocycles. The highest BCUT2D eigenvalue weighted by Gasteiger charge is 2.25. The van der Waals surface area contributed by atoms with E-state index < -0.39 is 10.0 Å². The maximum Gasteiger partial charge on any atom is 0.251 e. The van der Waals surface area contributed by atoms with E-state index in [9.17, 15) is 13.2 Å². The molecule has 174 valence electrons. The summed E-state index contributed by atoms with van der Waals surface area (Å²) in [4.78, 5) is 15.5. The van der Waals surface area contributed by atoms with Gasteiger partial charge in [-0.3, -0.25) is 9.69 Å². The highest BCUT2D eigenvalue weighted by molar-refractivity contribution is 7.89. The molecule has 0 aliphatic carbocycles. The van der Waals surface area contributed by atoms with Crippen LogP contribution in [-0.4, -0.2) is 63.9 Å². The number of carbonyl (C=O) groups is 1. The van der Waals surface area contributed by atoms with Crippen molar-refractivity contribution in [1.82, 2.24) is 14.5 Å². The Labute approximate surface area is 191 Å². The number of aryl methyl sites for hydroxylation is 1. The molecule has 0 atom stereocenters. The van der Waals surface area contributed by atoms with Gasteiger partial charge in [-0.25, -0.2) is 12.7 Å². The molecule has 0 saturated carbocycles. The van der Waals surface area contributed by atoms with E-state index in [2.05, 4.69) is 16.3 Å². The van der Waals surface area contributed by atoms with Crippen LogP contribution in [0.1, 0.15) is 39.9 Å². The number of hydrogen-bond acceptors (Lipinski definition) is 5. The molecule has 7 nitrogen and oxygen atoms in total. The fourth-order valence-corrected chi connectivity index (χ4v) is 5.17. The van der Waals surface area contributed by atoms with Gasteiger partial charge >= 0.3 is 0 Å². The van der Waals surface area contributed by atoms with Crippen LogP contribution in [0.25, 0.3) is 0 Å². The number of nitrogens with one attached hydrogen (secondary N) is 1. The largest absolute Gasteiger partial charge is 0.497 e. The average Bonchev–Trinajstić information content (AvgIpc) is 2.76. The van der Waals surface area contributed by atoms with Crippen LogP contribution in [0.2, 0.25) is 0 Å². The Kier molecular flexibility index (Phi) is 7.59. The summed E-state index contributed by atoms with van der Waals surface area (Å²) in [6.45, 7) is 6.22. The van der Waals surface area contributed by atoms with Crippen molar-refractivity contribution in [2.24, 2.45) is 0 Å². The van der Waals surface area contributed by atoms with Crippen molar-refractivity contribution in [2.75, 3.05) is 34.3 Å². The molecule has 0 spiro atoms. The lowest BCUT2D eigenvalue weighted by molar-refractivity contribution is 0.0908. The highest BCUT2D eigenvalue weighted by atomic mass is 32.2. The van der Waals surface area contributed by atoms with Gasteiger partial charge in [-0.05, 0) is 67.6 Å². The van der Waals surface area contributed by atoms with Crippen LogP contribution in [0.5, 0.6) is 5.75 Å². The number of likely N-dealkylation sites (tertiary alicyclic amines) is 1. The normalized spacial score (nSPS) is 15.7. The minimum atomic E-state index is -3.62. The number of sulfonamides is 1. The molecule has 1 fully saturated rings. The summed E-state index contributed by atoms with van der Waals surface area (Å²) in [7, 11) is 1.04.